The van der Waals surface area contributed by atoms with Gasteiger partial charge in [0.15, 0.2) is 0 Å². The Bertz CT molecular complexity index is 722. The summed E-state index contributed by atoms with van der Waals surface area (Å²) >= 11 is 5.89. The molecule has 2 N–H and O–H groups in total. The average Bonchev–Trinajstić information content (AvgIpc) is 3.20. The number of halogens is 2. The number of carbonyl (C=O) groups is 2. The predicted molar refractivity (Wildman–Crippen MR) is 88.3 cm³/mol. The summed E-state index contributed by atoms with van der Waals surface area (Å²) in [6, 6.07) is 6.04. The SMILES string of the molecule is C/C(=C(\F)CNC(=O)[C@@H]1C[C@H]2C[C@H]2N1C(=O)O)c1cccc(Cl)c1. The van der Waals surface area contributed by atoms with Crippen molar-refractivity contribution in [3.05, 3.63) is 40.7 Å². The van der Waals surface area contributed by atoms with Crippen molar-refractivity contribution >= 4 is 29.2 Å². The fraction of sp³-hybridized carbons (Fsp3) is 0.412. The fourth-order valence-electron chi connectivity index (χ4n) is 3.26. The molecule has 3 rings (SSSR count). The molecule has 1 aromatic rings. The van der Waals surface area contributed by atoms with Gasteiger partial charge >= 0.3 is 6.09 Å². The van der Waals surface area contributed by atoms with Gasteiger partial charge in [0.2, 0.25) is 5.91 Å². The highest BCUT2D eigenvalue weighted by Crippen LogP contribution is 2.47. The van der Waals surface area contributed by atoms with Crippen LogP contribution in [0.1, 0.15) is 25.3 Å². The summed E-state index contributed by atoms with van der Waals surface area (Å²) in [6.45, 7) is 1.35. The smallest absolute Gasteiger partial charge is 0.408 e. The monoisotopic (exact) mass is 352 g/mol. The van der Waals surface area contributed by atoms with Crippen molar-refractivity contribution in [1.29, 1.82) is 0 Å². The summed E-state index contributed by atoms with van der Waals surface area (Å²) in [6.07, 6.45) is 0.242. The Morgan fingerprint density at radius 1 is 1.42 bits per heavy atom. The number of benzene rings is 1. The molecule has 2 aliphatic rings. The lowest BCUT2D eigenvalue weighted by Crippen LogP contribution is -2.47. The third kappa shape index (κ3) is 3.24. The van der Waals surface area contributed by atoms with Crippen LogP contribution in [0, 0.1) is 5.92 Å². The summed E-state index contributed by atoms with van der Waals surface area (Å²) in [7, 11) is 0. The van der Waals surface area contributed by atoms with Gasteiger partial charge in [-0.2, -0.15) is 0 Å². The van der Waals surface area contributed by atoms with Gasteiger partial charge in [-0.05, 0) is 49.0 Å². The van der Waals surface area contributed by atoms with Gasteiger partial charge in [0.25, 0.3) is 0 Å². The van der Waals surface area contributed by atoms with Crippen LogP contribution in [-0.4, -0.2) is 40.6 Å². The molecule has 1 aromatic carbocycles. The Morgan fingerprint density at radius 3 is 2.83 bits per heavy atom. The van der Waals surface area contributed by atoms with E-state index in [4.69, 9.17) is 11.6 Å². The molecule has 2 fully saturated rings. The summed E-state index contributed by atoms with van der Waals surface area (Å²) in [5.74, 6) is -0.653. The number of allylic oxidation sites excluding steroid dienone is 1. The van der Waals surface area contributed by atoms with E-state index >= 15 is 0 Å². The van der Waals surface area contributed by atoms with Crippen molar-refractivity contribution in [2.24, 2.45) is 5.92 Å². The Hall–Kier alpha value is -2.08. The molecule has 1 aliphatic carbocycles. The normalized spacial score (nSPS) is 25.8. The molecule has 0 radical (unpaired) electrons. The lowest BCUT2D eigenvalue weighted by atomic mass is 10.1. The van der Waals surface area contributed by atoms with E-state index < -0.39 is 23.9 Å². The quantitative estimate of drug-likeness (QED) is 0.873. The summed E-state index contributed by atoms with van der Waals surface area (Å²) in [5, 5.41) is 12.2. The van der Waals surface area contributed by atoms with Crippen LogP contribution in [0.3, 0.4) is 0 Å². The van der Waals surface area contributed by atoms with Gasteiger partial charge < -0.3 is 10.4 Å². The van der Waals surface area contributed by atoms with Gasteiger partial charge in [-0.25, -0.2) is 9.18 Å². The molecule has 5 nitrogen and oxygen atoms in total. The Morgan fingerprint density at radius 2 is 2.17 bits per heavy atom. The van der Waals surface area contributed by atoms with Gasteiger partial charge in [-0.15, -0.1) is 0 Å². The molecule has 1 heterocycles. The van der Waals surface area contributed by atoms with E-state index in [1.807, 2.05) is 0 Å². The first-order valence-electron chi connectivity index (χ1n) is 7.78. The van der Waals surface area contributed by atoms with Gasteiger partial charge in [-0.1, -0.05) is 23.7 Å². The van der Waals surface area contributed by atoms with E-state index in [0.29, 0.717) is 22.6 Å². The molecule has 1 aliphatic heterocycles. The summed E-state index contributed by atoms with van der Waals surface area (Å²) in [4.78, 5) is 24.7. The maximum absolute atomic E-state index is 14.3. The number of hydrogen-bond donors (Lipinski definition) is 2. The van der Waals surface area contributed by atoms with Crippen LogP contribution >= 0.6 is 11.6 Å². The summed E-state index contributed by atoms with van der Waals surface area (Å²) < 4.78 is 14.3. The average molecular weight is 353 g/mol. The number of nitrogens with one attached hydrogen (secondary N) is 1. The van der Waals surface area contributed by atoms with E-state index in [2.05, 4.69) is 5.32 Å². The molecule has 128 valence electrons. The zero-order valence-corrected chi connectivity index (χ0v) is 13.9. The van der Waals surface area contributed by atoms with Crippen LogP contribution in [0.2, 0.25) is 5.02 Å². The predicted octanol–water partition coefficient (Wildman–Crippen LogP) is 3.30. The minimum absolute atomic E-state index is 0.0492. The molecule has 3 atom stereocenters. The lowest BCUT2D eigenvalue weighted by Gasteiger charge is -2.23. The number of likely N-dealkylation sites (tertiary alicyclic amines) is 1. The second-order valence-electron chi connectivity index (χ2n) is 6.26. The first-order chi connectivity index (χ1) is 11.4. The molecule has 1 saturated carbocycles. The van der Waals surface area contributed by atoms with E-state index in [0.717, 1.165) is 6.42 Å². The van der Waals surface area contributed by atoms with Crippen LogP contribution in [0.25, 0.3) is 5.57 Å². The van der Waals surface area contributed by atoms with Gasteiger partial charge in [0.1, 0.15) is 11.9 Å². The van der Waals surface area contributed by atoms with Crippen LogP contribution in [0.15, 0.2) is 30.1 Å². The molecule has 7 heteroatoms. The maximum Gasteiger partial charge on any atom is 0.408 e. The van der Waals surface area contributed by atoms with Crippen LogP contribution in [0.4, 0.5) is 9.18 Å². The number of carboxylic acid groups (broad SMARTS) is 1. The third-order valence-electron chi connectivity index (χ3n) is 4.71. The molecular formula is C17H18ClFN2O3. The number of rotatable bonds is 4. The largest absolute Gasteiger partial charge is 0.465 e. The standard InChI is InChI=1S/C17H18ClFN2O3/c1-9(10-3-2-4-12(18)5-10)13(19)8-20-16(22)15-7-11-6-14(11)21(15)17(23)24/h2-5,11,14-15H,6-8H2,1H3,(H,20,22)(H,23,24)/b13-9+/t11-,14-,15+/m1/s1. The molecule has 1 saturated heterocycles. The Kier molecular flexibility index (Phi) is 4.49. The Balaban J connectivity index is 1.63. The van der Waals surface area contributed by atoms with Gasteiger partial charge in [0, 0.05) is 11.1 Å². The highest BCUT2D eigenvalue weighted by molar-refractivity contribution is 6.30. The zero-order chi connectivity index (χ0) is 17.4. The minimum atomic E-state index is -1.09. The van der Waals surface area contributed by atoms with Crippen LogP contribution < -0.4 is 5.32 Å². The van der Waals surface area contributed by atoms with Crippen LogP contribution in [-0.2, 0) is 4.79 Å². The van der Waals surface area contributed by atoms with E-state index in [-0.39, 0.29) is 18.5 Å². The second-order valence-corrected chi connectivity index (χ2v) is 6.70. The van der Waals surface area contributed by atoms with Gasteiger partial charge in [-0.3, -0.25) is 9.69 Å². The number of piperidine rings is 1. The lowest BCUT2D eigenvalue weighted by molar-refractivity contribution is -0.125. The van der Waals surface area contributed by atoms with Crippen molar-refractivity contribution in [1.82, 2.24) is 10.2 Å². The Labute approximate surface area is 144 Å². The number of hydrogen-bond acceptors (Lipinski definition) is 2. The van der Waals surface area contributed by atoms with E-state index in [9.17, 15) is 19.1 Å². The minimum Gasteiger partial charge on any atom is -0.465 e. The van der Waals surface area contributed by atoms with Crippen LogP contribution in [0.5, 0.6) is 0 Å². The topological polar surface area (TPSA) is 69.6 Å². The maximum atomic E-state index is 14.3. The van der Waals surface area contributed by atoms with E-state index in [1.165, 1.54) is 4.90 Å². The first kappa shape index (κ1) is 16.8. The second kappa shape index (κ2) is 6.43. The number of carbonyl (C=O) groups excluding carboxylic acids is 1. The van der Waals surface area contributed by atoms with Crippen molar-refractivity contribution in [2.75, 3.05) is 6.54 Å². The van der Waals surface area contributed by atoms with Crippen molar-refractivity contribution < 1.29 is 19.1 Å². The molecule has 24 heavy (non-hydrogen) atoms. The first-order valence-corrected chi connectivity index (χ1v) is 8.16. The van der Waals surface area contributed by atoms with Crippen molar-refractivity contribution in [2.45, 2.75) is 31.8 Å². The molecule has 2 amide bonds. The third-order valence-corrected chi connectivity index (χ3v) is 4.95. The fourth-order valence-corrected chi connectivity index (χ4v) is 3.45. The summed E-state index contributed by atoms with van der Waals surface area (Å²) in [5.41, 5.74) is 1.03. The number of fused-ring (bicyclic) bond motifs is 1. The molecular weight excluding hydrogens is 335 g/mol. The number of nitrogens with zero attached hydrogens (tertiary/aromatic N) is 1. The molecule has 0 bridgehead atoms. The van der Waals surface area contributed by atoms with E-state index in [1.54, 1.807) is 31.2 Å². The van der Waals surface area contributed by atoms with Crippen molar-refractivity contribution in [3.63, 3.8) is 0 Å². The highest BCUT2D eigenvalue weighted by Gasteiger charge is 2.56. The molecule has 0 aromatic heterocycles. The molecule has 0 spiro atoms. The highest BCUT2D eigenvalue weighted by atomic mass is 35.5. The zero-order valence-electron chi connectivity index (χ0n) is 13.1. The van der Waals surface area contributed by atoms with Crippen molar-refractivity contribution in [3.8, 4) is 0 Å². The number of amides is 2. The molecule has 0 unspecified atom stereocenters. The van der Waals surface area contributed by atoms with Gasteiger partial charge in [0.05, 0.1) is 6.54 Å².